The summed E-state index contributed by atoms with van der Waals surface area (Å²) in [5.74, 6) is -2.08. The molecule has 2 amide bonds. The summed E-state index contributed by atoms with van der Waals surface area (Å²) in [4.78, 5) is 39.2. The molecule has 0 fully saturated rings. The van der Waals surface area contributed by atoms with Crippen molar-refractivity contribution in [1.82, 2.24) is 24.5 Å². The lowest BCUT2D eigenvalue weighted by molar-refractivity contribution is -0.385. The number of nitrogens with two attached hydrogens (primary N) is 1. The summed E-state index contributed by atoms with van der Waals surface area (Å²) in [5.41, 5.74) is 3.63. The average molecular weight is 536 g/mol. The Kier molecular flexibility index (Phi) is 6.45. The van der Waals surface area contributed by atoms with Crippen LogP contribution in [-0.4, -0.2) is 41.3 Å². The van der Waals surface area contributed by atoms with Crippen LogP contribution in [0, 0.1) is 17.0 Å². The van der Waals surface area contributed by atoms with Gasteiger partial charge < -0.3 is 11.1 Å². The number of amides is 2. The number of nitro groups is 1. The van der Waals surface area contributed by atoms with Crippen LogP contribution in [-0.2, 0) is 19.3 Å². The fourth-order valence-corrected chi connectivity index (χ4v) is 4.74. The first kappa shape index (κ1) is 25.7. The van der Waals surface area contributed by atoms with Crippen molar-refractivity contribution in [1.29, 1.82) is 0 Å². The van der Waals surface area contributed by atoms with E-state index in [1.54, 1.807) is 20.8 Å². The SMILES string of the molecule is CCn1cc(-c2cc(C(F)(F)F)nc3sc(C(N)=O)c(NC(=O)c4nn(CC)cc4[N+](=O)[O-])c23)c(C)n1. The summed E-state index contributed by atoms with van der Waals surface area (Å²) in [7, 11) is 0. The number of aryl methyl sites for hydroxylation is 3. The van der Waals surface area contributed by atoms with Gasteiger partial charge in [-0.05, 0) is 32.4 Å². The number of carbonyl (C=O) groups is 2. The molecule has 4 heterocycles. The lowest BCUT2D eigenvalue weighted by atomic mass is 10.0. The number of primary amides is 1. The van der Waals surface area contributed by atoms with Gasteiger partial charge in [-0.1, -0.05) is 0 Å². The number of halogens is 3. The van der Waals surface area contributed by atoms with Crippen LogP contribution in [0.3, 0.4) is 0 Å². The highest BCUT2D eigenvalue weighted by Crippen LogP contribution is 2.44. The first-order chi connectivity index (χ1) is 17.3. The molecule has 0 aliphatic rings. The van der Waals surface area contributed by atoms with Gasteiger partial charge >= 0.3 is 11.9 Å². The first-order valence-electron chi connectivity index (χ1n) is 10.8. The van der Waals surface area contributed by atoms with Gasteiger partial charge in [0.2, 0.25) is 5.69 Å². The average Bonchev–Trinajstić information content (AvgIpc) is 3.52. The van der Waals surface area contributed by atoms with E-state index in [1.807, 2.05) is 0 Å². The van der Waals surface area contributed by atoms with Gasteiger partial charge in [-0.25, -0.2) is 4.98 Å². The maximum atomic E-state index is 13.7. The largest absolute Gasteiger partial charge is 0.433 e. The Morgan fingerprint density at radius 2 is 1.81 bits per heavy atom. The summed E-state index contributed by atoms with van der Waals surface area (Å²) in [6.07, 6.45) is -2.21. The number of thiophene rings is 1. The number of anilines is 1. The molecule has 37 heavy (non-hydrogen) atoms. The van der Waals surface area contributed by atoms with Crippen molar-refractivity contribution in [2.75, 3.05) is 5.32 Å². The Bertz CT molecular complexity index is 1570. The summed E-state index contributed by atoms with van der Waals surface area (Å²) in [6, 6.07) is 0.799. The van der Waals surface area contributed by atoms with Crippen LogP contribution in [0.2, 0.25) is 0 Å². The quantitative estimate of drug-likeness (QED) is 0.266. The van der Waals surface area contributed by atoms with Crippen LogP contribution < -0.4 is 11.1 Å². The summed E-state index contributed by atoms with van der Waals surface area (Å²) >= 11 is 0.560. The van der Waals surface area contributed by atoms with Crippen LogP contribution in [0.5, 0.6) is 0 Å². The predicted molar refractivity (Wildman–Crippen MR) is 127 cm³/mol. The molecule has 194 valence electrons. The molecule has 0 aliphatic carbocycles. The molecule has 0 aliphatic heterocycles. The van der Waals surface area contributed by atoms with Gasteiger partial charge in [0.1, 0.15) is 21.6 Å². The van der Waals surface area contributed by atoms with Crippen molar-refractivity contribution in [2.45, 2.75) is 40.0 Å². The van der Waals surface area contributed by atoms with Gasteiger partial charge in [-0.15, -0.1) is 11.3 Å². The predicted octanol–water partition coefficient (Wildman–Crippen LogP) is 3.98. The van der Waals surface area contributed by atoms with E-state index in [4.69, 9.17) is 5.73 Å². The second-order valence-corrected chi connectivity index (χ2v) is 8.82. The van der Waals surface area contributed by atoms with E-state index in [2.05, 4.69) is 20.5 Å². The molecule has 0 radical (unpaired) electrons. The molecule has 0 aromatic carbocycles. The number of rotatable bonds is 7. The molecule has 0 unspecified atom stereocenters. The number of fused-ring (bicyclic) bond motifs is 1. The van der Waals surface area contributed by atoms with E-state index in [9.17, 15) is 32.9 Å². The molecule has 0 spiro atoms. The molecule has 4 rings (SSSR count). The van der Waals surface area contributed by atoms with Crippen molar-refractivity contribution in [3.8, 4) is 11.1 Å². The molecule has 4 aromatic heterocycles. The van der Waals surface area contributed by atoms with E-state index >= 15 is 0 Å². The number of aromatic nitrogens is 5. The van der Waals surface area contributed by atoms with Gasteiger partial charge in [-0.3, -0.25) is 29.1 Å². The van der Waals surface area contributed by atoms with Crippen LogP contribution >= 0.6 is 11.3 Å². The van der Waals surface area contributed by atoms with E-state index in [0.29, 0.717) is 29.1 Å². The maximum Gasteiger partial charge on any atom is 0.433 e. The number of nitrogens with one attached hydrogen (secondary N) is 1. The van der Waals surface area contributed by atoms with Gasteiger partial charge in [-0.2, -0.15) is 23.4 Å². The highest BCUT2D eigenvalue weighted by molar-refractivity contribution is 7.21. The van der Waals surface area contributed by atoms with Crippen LogP contribution in [0.4, 0.5) is 24.5 Å². The molecular weight excluding hydrogens is 517 g/mol. The molecule has 12 nitrogen and oxygen atoms in total. The Hall–Kier alpha value is -4.34. The molecule has 0 bridgehead atoms. The van der Waals surface area contributed by atoms with Crippen molar-refractivity contribution < 1.29 is 27.7 Å². The Morgan fingerprint density at radius 3 is 2.35 bits per heavy atom. The molecule has 16 heteroatoms. The summed E-state index contributed by atoms with van der Waals surface area (Å²) in [6.45, 7) is 5.72. The topological polar surface area (TPSA) is 164 Å². The molecule has 0 saturated carbocycles. The zero-order valence-corrected chi connectivity index (χ0v) is 20.4. The van der Waals surface area contributed by atoms with Crippen LogP contribution in [0.25, 0.3) is 21.3 Å². The molecular formula is C21H19F3N8O4S. The van der Waals surface area contributed by atoms with E-state index in [1.165, 1.54) is 15.6 Å². The standard InChI is InChI=1S/C21H19F3N8O4S/c1-4-30-7-11(9(3)28-30)10-6-13(21(22,23)24)26-20-14(10)16(17(37-20)18(25)33)27-19(34)15-12(32(35)36)8-31(5-2)29-15/h6-8H,4-5H2,1-3H3,(H2,25,33)(H,27,34). The highest BCUT2D eigenvalue weighted by Gasteiger charge is 2.36. The number of hydrogen-bond acceptors (Lipinski definition) is 8. The number of nitrogens with zero attached hydrogens (tertiary/aromatic N) is 6. The number of carbonyl (C=O) groups excluding carboxylic acids is 2. The van der Waals surface area contributed by atoms with Crippen molar-refractivity contribution in [3.63, 3.8) is 0 Å². The fraction of sp³-hybridized carbons (Fsp3) is 0.286. The van der Waals surface area contributed by atoms with E-state index < -0.39 is 40.0 Å². The van der Waals surface area contributed by atoms with Gasteiger partial charge in [0, 0.05) is 30.2 Å². The second-order valence-electron chi connectivity index (χ2n) is 7.82. The number of pyridine rings is 1. The third-order valence-corrected chi connectivity index (χ3v) is 6.55. The third kappa shape index (κ3) is 4.62. The minimum Gasteiger partial charge on any atom is -0.365 e. The van der Waals surface area contributed by atoms with Gasteiger partial charge in [0.25, 0.3) is 11.8 Å². The second kappa shape index (κ2) is 9.27. The summed E-state index contributed by atoms with van der Waals surface area (Å²) in [5, 5.41) is 22.1. The molecule has 0 atom stereocenters. The zero-order chi connectivity index (χ0) is 27.2. The minimum atomic E-state index is -4.81. The molecule has 3 N–H and O–H groups in total. The van der Waals surface area contributed by atoms with E-state index in [-0.39, 0.29) is 32.9 Å². The van der Waals surface area contributed by atoms with Crippen molar-refractivity contribution in [3.05, 3.63) is 50.5 Å². The third-order valence-electron chi connectivity index (χ3n) is 5.45. The first-order valence-corrected chi connectivity index (χ1v) is 11.6. The number of hydrogen-bond donors (Lipinski definition) is 2. The smallest absolute Gasteiger partial charge is 0.365 e. The Morgan fingerprint density at radius 1 is 1.16 bits per heavy atom. The monoisotopic (exact) mass is 536 g/mol. The zero-order valence-electron chi connectivity index (χ0n) is 19.6. The highest BCUT2D eigenvalue weighted by atomic mass is 32.1. The van der Waals surface area contributed by atoms with Crippen LogP contribution in [0.15, 0.2) is 18.5 Å². The van der Waals surface area contributed by atoms with Gasteiger partial charge in [0.15, 0.2) is 0 Å². The minimum absolute atomic E-state index is 0.00200. The van der Waals surface area contributed by atoms with Crippen LogP contribution in [0.1, 0.15) is 45.4 Å². The molecule has 0 saturated heterocycles. The molecule has 4 aromatic rings. The van der Waals surface area contributed by atoms with Crippen molar-refractivity contribution >= 4 is 44.7 Å². The lowest BCUT2D eigenvalue weighted by Gasteiger charge is -2.11. The maximum absolute atomic E-state index is 13.7. The Labute approximate surface area is 210 Å². The Balaban J connectivity index is 2.00. The number of alkyl halides is 3. The normalized spacial score (nSPS) is 11.7. The summed E-state index contributed by atoms with van der Waals surface area (Å²) < 4.78 is 43.9. The van der Waals surface area contributed by atoms with Crippen molar-refractivity contribution in [2.24, 2.45) is 5.73 Å². The lowest BCUT2D eigenvalue weighted by Crippen LogP contribution is -2.18. The fourth-order valence-electron chi connectivity index (χ4n) is 3.73. The van der Waals surface area contributed by atoms with Gasteiger partial charge in [0.05, 0.1) is 16.3 Å². The van der Waals surface area contributed by atoms with E-state index in [0.717, 1.165) is 12.3 Å².